The predicted octanol–water partition coefficient (Wildman–Crippen LogP) is 12.1. The van der Waals surface area contributed by atoms with Crippen molar-refractivity contribution in [3.8, 4) is 29.6 Å². The van der Waals surface area contributed by atoms with Crippen LogP contribution >= 0.6 is 0 Å². The first-order valence-corrected chi connectivity index (χ1v) is 24.5. The third-order valence-corrected chi connectivity index (χ3v) is 13.0. The average Bonchev–Trinajstić information content (AvgIpc) is 3.71. The van der Waals surface area contributed by atoms with Crippen LogP contribution in [0.15, 0.2) is 133 Å². The number of carbonyl (C=O) groups excluding carboxylic acids is 1. The molecule has 0 bridgehead atoms. The smallest absolute Gasteiger partial charge is 0.305 e. The van der Waals surface area contributed by atoms with Crippen molar-refractivity contribution in [2.45, 2.75) is 84.0 Å². The third-order valence-electron chi connectivity index (χ3n) is 13.0. The largest absolute Gasteiger partial charge is 0.497 e. The summed E-state index contributed by atoms with van der Waals surface area (Å²) < 4.78 is 31.1. The van der Waals surface area contributed by atoms with Gasteiger partial charge in [0.25, 0.3) is 0 Å². The highest BCUT2D eigenvalue weighted by atomic mass is 16.6. The molecule has 0 saturated carbocycles. The van der Waals surface area contributed by atoms with Gasteiger partial charge in [-0.05, 0) is 80.8 Å². The number of aromatic nitrogens is 2. The summed E-state index contributed by atoms with van der Waals surface area (Å²) in [5.74, 6) is 4.79. The van der Waals surface area contributed by atoms with Gasteiger partial charge in [-0.25, -0.2) is 9.97 Å². The summed E-state index contributed by atoms with van der Waals surface area (Å²) in [6.45, 7) is 14.2. The first-order chi connectivity index (χ1) is 34.0. The molecule has 7 rings (SSSR count). The Kier molecular flexibility index (Phi) is 17.3. The van der Waals surface area contributed by atoms with E-state index in [1.54, 1.807) is 20.3 Å². The van der Waals surface area contributed by atoms with Crippen LogP contribution in [0, 0.1) is 12.3 Å². The van der Waals surface area contributed by atoms with Gasteiger partial charge in [0.05, 0.1) is 24.6 Å². The molecule has 0 fully saturated rings. The van der Waals surface area contributed by atoms with Crippen LogP contribution in [0.4, 0.5) is 22.9 Å². The number of hydrogen-bond acceptors (Lipinski definition) is 10. The maximum absolute atomic E-state index is 12.9. The topological polar surface area (TPSA) is 107 Å². The number of terminal acetylenes is 1. The second kappa shape index (κ2) is 23.9. The monoisotopic (exact) mass is 943 g/mol. The molecule has 364 valence electrons. The van der Waals surface area contributed by atoms with Crippen molar-refractivity contribution in [1.29, 1.82) is 0 Å². The molecule has 11 heteroatoms. The SMILES string of the molecule is C#Cc1cccc(Nc2ncnc3cc(OCCOC)c(OCCOC(=O)CCCCCN4C(=CC=CC=CC=CC5=[N+](CCCC)c6ccccc6C5(C)C)C(C)(C)c5cc(OC)ccc54)cc23)c1. The summed E-state index contributed by atoms with van der Waals surface area (Å²) in [6.07, 6.45) is 27.3. The minimum absolute atomic E-state index is 0.0609. The molecule has 4 aromatic carbocycles. The molecule has 11 nitrogen and oxygen atoms in total. The molecule has 2 aliphatic rings. The fourth-order valence-electron chi connectivity index (χ4n) is 9.25. The molecule has 1 N–H and O–H groups in total. The van der Waals surface area contributed by atoms with Crippen molar-refractivity contribution < 1.29 is 33.1 Å². The third kappa shape index (κ3) is 12.0. The van der Waals surface area contributed by atoms with Gasteiger partial charge in [-0.2, -0.15) is 4.58 Å². The minimum atomic E-state index is -0.259. The number of nitrogens with zero attached hydrogens (tertiary/aromatic N) is 4. The highest BCUT2D eigenvalue weighted by molar-refractivity contribution is 6.03. The second-order valence-corrected chi connectivity index (χ2v) is 18.5. The Morgan fingerprint density at radius 2 is 1.59 bits per heavy atom. The van der Waals surface area contributed by atoms with Gasteiger partial charge in [0, 0.05) is 83.7 Å². The predicted molar refractivity (Wildman–Crippen MR) is 283 cm³/mol. The normalized spacial score (nSPS) is 15.3. The molecular formula is C59H68N5O6+. The zero-order valence-corrected chi connectivity index (χ0v) is 41.9. The molecule has 0 saturated heterocycles. The Labute approximate surface area is 414 Å². The molecule has 0 unspecified atom stereocenters. The van der Waals surface area contributed by atoms with Gasteiger partial charge < -0.3 is 33.9 Å². The molecule has 70 heavy (non-hydrogen) atoms. The number of rotatable bonds is 24. The van der Waals surface area contributed by atoms with E-state index in [4.69, 9.17) is 30.1 Å². The Bertz CT molecular complexity index is 2830. The fraction of sp³-hybridized carbons (Fsp3) is 0.356. The maximum atomic E-state index is 12.9. The van der Waals surface area contributed by atoms with Crippen molar-refractivity contribution >= 4 is 45.5 Å². The summed E-state index contributed by atoms with van der Waals surface area (Å²) in [7, 11) is 3.33. The van der Waals surface area contributed by atoms with Crippen LogP contribution < -0.4 is 24.4 Å². The number of unbranched alkanes of at least 4 members (excludes halogenated alkanes) is 3. The zero-order valence-electron chi connectivity index (χ0n) is 41.9. The van der Waals surface area contributed by atoms with Crippen molar-refractivity contribution in [3.63, 3.8) is 0 Å². The number of carbonyl (C=O) groups is 1. The first kappa shape index (κ1) is 50.7. The second-order valence-electron chi connectivity index (χ2n) is 18.5. The van der Waals surface area contributed by atoms with Crippen molar-refractivity contribution in [3.05, 3.63) is 150 Å². The van der Waals surface area contributed by atoms with Crippen LogP contribution in [0.1, 0.15) is 89.8 Å². The molecule has 3 heterocycles. The molecule has 0 atom stereocenters. The van der Waals surface area contributed by atoms with Gasteiger partial charge in [-0.3, -0.25) is 4.79 Å². The molecule has 0 radical (unpaired) electrons. The lowest BCUT2D eigenvalue weighted by Gasteiger charge is -2.27. The first-order valence-electron chi connectivity index (χ1n) is 24.5. The number of benzene rings is 4. The number of methoxy groups -OCH3 is 2. The van der Waals surface area contributed by atoms with E-state index in [0.717, 1.165) is 61.2 Å². The quantitative estimate of drug-likeness (QED) is 0.0211. The van der Waals surface area contributed by atoms with E-state index in [9.17, 15) is 4.79 Å². The van der Waals surface area contributed by atoms with E-state index in [1.807, 2.05) is 36.4 Å². The Morgan fingerprint density at radius 3 is 2.39 bits per heavy atom. The van der Waals surface area contributed by atoms with E-state index < -0.39 is 0 Å². The molecule has 0 amide bonds. The van der Waals surface area contributed by atoms with Gasteiger partial charge in [-0.1, -0.05) is 94.2 Å². The highest BCUT2D eigenvalue weighted by Crippen LogP contribution is 2.49. The number of ether oxygens (including phenoxy) is 5. The molecule has 1 aromatic heterocycles. The Balaban J connectivity index is 0.929. The number of allylic oxidation sites excluding steroid dienone is 8. The van der Waals surface area contributed by atoms with Gasteiger partial charge in [0.1, 0.15) is 44.3 Å². The van der Waals surface area contributed by atoms with Crippen LogP contribution in [0.25, 0.3) is 10.9 Å². The van der Waals surface area contributed by atoms with Crippen LogP contribution in [0.5, 0.6) is 17.2 Å². The number of esters is 1. The Morgan fingerprint density at radius 1 is 0.800 bits per heavy atom. The summed E-state index contributed by atoms with van der Waals surface area (Å²) in [5, 5.41) is 4.06. The summed E-state index contributed by atoms with van der Waals surface area (Å²) >= 11 is 0. The molecule has 0 aliphatic carbocycles. The lowest BCUT2D eigenvalue weighted by atomic mass is 9.81. The fourth-order valence-corrected chi connectivity index (χ4v) is 9.25. The zero-order chi connectivity index (χ0) is 49.5. The molecule has 0 spiro atoms. The van der Waals surface area contributed by atoms with Crippen LogP contribution in [0.3, 0.4) is 0 Å². The van der Waals surface area contributed by atoms with Crippen molar-refractivity contribution in [1.82, 2.24) is 9.97 Å². The standard InChI is InChI=1S/C59H68N5O6/c1-9-11-32-63-50-26-20-19-25-47(50)58(3,4)54(63)27-16-13-12-14-17-28-55-59(5,6)48-39-45(67-8)30-31-51(48)64(55)33-21-15-18-29-56(65)70-37-36-69-52-40-46-49(41-53(52)68-35-34-66-7)60-42-61-57(46)62-44-24-22-23-43(10-2)38-44/h2,12-14,16-17,19-20,22-28,30-31,38-42H,9,11,15,18,21,29,32-37H2,1,3-8H3,(H,60,61,62)/q+1. The Hall–Kier alpha value is -7.16. The molecular weight excluding hydrogens is 875 g/mol. The van der Waals surface area contributed by atoms with Crippen LogP contribution in [-0.2, 0) is 25.1 Å². The lowest BCUT2D eigenvalue weighted by molar-refractivity contribution is -0.438. The number of anilines is 3. The van der Waals surface area contributed by atoms with Crippen LogP contribution in [-0.4, -0.2) is 80.0 Å². The van der Waals surface area contributed by atoms with Gasteiger partial charge in [0.15, 0.2) is 17.2 Å². The van der Waals surface area contributed by atoms with E-state index >= 15 is 0 Å². The lowest BCUT2D eigenvalue weighted by Crippen LogP contribution is -2.27. The van der Waals surface area contributed by atoms with Crippen LogP contribution in [0.2, 0.25) is 0 Å². The van der Waals surface area contributed by atoms with Crippen molar-refractivity contribution in [2.24, 2.45) is 0 Å². The van der Waals surface area contributed by atoms with Gasteiger partial charge in [0.2, 0.25) is 5.69 Å². The van der Waals surface area contributed by atoms with E-state index in [2.05, 4.69) is 144 Å². The summed E-state index contributed by atoms with van der Waals surface area (Å²) in [5.41, 5.74) is 9.57. The highest BCUT2D eigenvalue weighted by Gasteiger charge is 2.44. The number of nitrogens with one attached hydrogen (secondary N) is 1. The van der Waals surface area contributed by atoms with E-state index in [-0.39, 0.29) is 30.0 Å². The number of fused-ring (bicyclic) bond motifs is 3. The minimum Gasteiger partial charge on any atom is -0.497 e. The van der Waals surface area contributed by atoms with E-state index in [1.165, 1.54) is 40.2 Å². The maximum Gasteiger partial charge on any atom is 0.305 e. The van der Waals surface area contributed by atoms with Gasteiger partial charge >= 0.3 is 5.97 Å². The number of hydrogen-bond donors (Lipinski definition) is 1. The molecule has 2 aliphatic heterocycles. The van der Waals surface area contributed by atoms with Crippen molar-refractivity contribution in [2.75, 3.05) is 64.0 Å². The van der Waals surface area contributed by atoms with Gasteiger partial charge in [-0.15, -0.1) is 6.42 Å². The van der Waals surface area contributed by atoms with E-state index in [0.29, 0.717) is 48.9 Å². The summed E-state index contributed by atoms with van der Waals surface area (Å²) in [6, 6.07) is 26.3. The molecule has 5 aromatic rings. The summed E-state index contributed by atoms with van der Waals surface area (Å²) in [4.78, 5) is 24.3. The average molecular weight is 943 g/mol. The number of para-hydroxylation sites is 1.